The van der Waals surface area contributed by atoms with E-state index in [-0.39, 0.29) is 5.82 Å². The second-order valence-corrected chi connectivity index (χ2v) is 6.24. The van der Waals surface area contributed by atoms with Crippen molar-refractivity contribution in [1.29, 1.82) is 0 Å². The average molecular weight is 332 g/mol. The monoisotopic (exact) mass is 332 g/mol. The summed E-state index contributed by atoms with van der Waals surface area (Å²) in [7, 11) is 2.03. The summed E-state index contributed by atoms with van der Waals surface area (Å²) in [5.74, 6) is 0.404. The zero-order valence-electron chi connectivity index (χ0n) is 13.4. The third kappa shape index (κ3) is 3.30. The van der Waals surface area contributed by atoms with Gasteiger partial charge in [0, 0.05) is 17.0 Å². The van der Waals surface area contributed by atoms with Crippen LogP contribution in [-0.2, 0) is 13.2 Å². The molecule has 7 heteroatoms. The van der Waals surface area contributed by atoms with E-state index in [1.807, 2.05) is 37.4 Å². The molecule has 0 radical (unpaired) electrons. The van der Waals surface area contributed by atoms with Gasteiger partial charge >= 0.3 is 0 Å². The fourth-order valence-electron chi connectivity index (χ4n) is 2.74. The lowest BCUT2D eigenvalue weighted by atomic mass is 10.2. The quantitative estimate of drug-likeness (QED) is 0.739. The Hall–Kier alpha value is -2.12. The Bertz CT molecular complexity index is 914. The largest absolute Gasteiger partial charge is 0.315 e. The van der Waals surface area contributed by atoms with Crippen molar-refractivity contribution in [2.45, 2.75) is 27.1 Å². The molecule has 1 atom stereocenters. The first kappa shape index (κ1) is 15.8. The Morgan fingerprint density at radius 3 is 2.78 bits per heavy atom. The van der Waals surface area contributed by atoms with Gasteiger partial charge in [-0.15, -0.1) is 5.10 Å². The minimum absolute atomic E-state index is 0.213. The molecule has 5 nitrogen and oxygen atoms in total. The SMILES string of the molecule is Cc1cc(C)n2c(=S)n(C[NH+](C)Cc3cccc(F)c3)nc2n1. The molecule has 23 heavy (non-hydrogen) atoms. The van der Waals surface area contributed by atoms with Crippen molar-refractivity contribution in [3.05, 3.63) is 57.9 Å². The van der Waals surface area contributed by atoms with Crippen LogP contribution in [0.25, 0.3) is 5.78 Å². The molecule has 3 rings (SSSR count). The Labute approximate surface area is 139 Å². The minimum Gasteiger partial charge on any atom is -0.315 e. The number of halogens is 1. The zero-order chi connectivity index (χ0) is 16.6. The number of benzene rings is 1. The van der Waals surface area contributed by atoms with Gasteiger partial charge in [-0.3, -0.25) is 4.40 Å². The number of nitrogens with one attached hydrogen (secondary N) is 1. The molecule has 2 aromatic heterocycles. The molecule has 0 aliphatic rings. The van der Waals surface area contributed by atoms with Crippen LogP contribution in [0.1, 0.15) is 17.0 Å². The summed E-state index contributed by atoms with van der Waals surface area (Å²) in [4.78, 5) is 5.58. The number of aromatic nitrogens is 4. The Kier molecular flexibility index (Phi) is 4.23. The van der Waals surface area contributed by atoms with E-state index in [1.54, 1.807) is 16.8 Å². The second-order valence-electron chi connectivity index (χ2n) is 5.88. The Morgan fingerprint density at radius 2 is 2.04 bits per heavy atom. The highest BCUT2D eigenvalue weighted by molar-refractivity contribution is 7.71. The fraction of sp³-hybridized carbons (Fsp3) is 0.312. The predicted molar refractivity (Wildman–Crippen MR) is 88.3 cm³/mol. The van der Waals surface area contributed by atoms with Gasteiger partial charge in [0.05, 0.1) is 7.05 Å². The van der Waals surface area contributed by atoms with E-state index in [4.69, 9.17) is 12.2 Å². The highest BCUT2D eigenvalue weighted by Crippen LogP contribution is 2.07. The van der Waals surface area contributed by atoms with Crippen LogP contribution < -0.4 is 4.90 Å². The average Bonchev–Trinajstić information content (AvgIpc) is 2.74. The molecular weight excluding hydrogens is 313 g/mol. The van der Waals surface area contributed by atoms with Gasteiger partial charge < -0.3 is 4.90 Å². The number of hydrogen-bond donors (Lipinski definition) is 1. The van der Waals surface area contributed by atoms with E-state index in [1.165, 1.54) is 6.07 Å². The van der Waals surface area contributed by atoms with Gasteiger partial charge in [-0.1, -0.05) is 12.1 Å². The summed E-state index contributed by atoms with van der Waals surface area (Å²) < 4.78 is 17.6. The minimum atomic E-state index is -0.213. The number of fused-ring (bicyclic) bond motifs is 1. The smallest absolute Gasteiger partial charge is 0.254 e. The van der Waals surface area contributed by atoms with Crippen molar-refractivity contribution < 1.29 is 9.29 Å². The molecule has 2 heterocycles. The van der Waals surface area contributed by atoms with Gasteiger partial charge in [0.1, 0.15) is 12.4 Å². The molecule has 0 saturated carbocycles. The van der Waals surface area contributed by atoms with Crippen molar-refractivity contribution in [3.8, 4) is 0 Å². The molecule has 1 N–H and O–H groups in total. The number of aryl methyl sites for hydroxylation is 2. The third-order valence-corrected chi connectivity index (χ3v) is 4.08. The molecule has 0 saturated heterocycles. The molecule has 0 fully saturated rings. The molecule has 0 aliphatic heterocycles. The summed E-state index contributed by atoms with van der Waals surface area (Å²) in [6, 6.07) is 8.64. The topological polar surface area (TPSA) is 39.6 Å². The van der Waals surface area contributed by atoms with Crippen LogP contribution in [-0.4, -0.2) is 26.2 Å². The maximum atomic E-state index is 13.3. The lowest BCUT2D eigenvalue weighted by Crippen LogP contribution is -3.07. The second kappa shape index (κ2) is 6.17. The van der Waals surface area contributed by atoms with Gasteiger partial charge in [-0.25, -0.2) is 9.37 Å². The zero-order valence-corrected chi connectivity index (χ0v) is 14.2. The fourth-order valence-corrected chi connectivity index (χ4v) is 3.08. The van der Waals surface area contributed by atoms with Crippen LogP contribution in [0.3, 0.4) is 0 Å². The first-order valence-electron chi connectivity index (χ1n) is 7.43. The number of rotatable bonds is 4. The molecular formula is C16H19FN5S+. The van der Waals surface area contributed by atoms with Crippen molar-refractivity contribution in [2.75, 3.05) is 7.05 Å². The van der Waals surface area contributed by atoms with E-state index in [2.05, 4.69) is 10.1 Å². The van der Waals surface area contributed by atoms with E-state index < -0.39 is 0 Å². The third-order valence-electron chi connectivity index (χ3n) is 3.68. The van der Waals surface area contributed by atoms with Gasteiger partial charge in [0.25, 0.3) is 5.78 Å². The normalized spacial score (nSPS) is 12.7. The van der Waals surface area contributed by atoms with Crippen molar-refractivity contribution in [2.24, 2.45) is 0 Å². The predicted octanol–water partition coefficient (Wildman–Crippen LogP) is 1.69. The van der Waals surface area contributed by atoms with E-state index in [0.29, 0.717) is 23.8 Å². The summed E-state index contributed by atoms with van der Waals surface area (Å²) in [6.07, 6.45) is 0. The maximum absolute atomic E-state index is 13.3. The van der Waals surface area contributed by atoms with Crippen LogP contribution in [0, 0.1) is 24.4 Å². The standard InChI is InChI=1S/C16H18FN5S/c1-11-7-12(2)22-15(18-11)19-21(16(22)23)10-20(3)9-13-5-4-6-14(17)8-13/h4-8H,9-10H2,1-3H3/p+1. The lowest BCUT2D eigenvalue weighted by Gasteiger charge is -2.13. The molecule has 3 aromatic rings. The van der Waals surface area contributed by atoms with E-state index >= 15 is 0 Å². The van der Waals surface area contributed by atoms with Crippen molar-refractivity contribution in [3.63, 3.8) is 0 Å². The highest BCUT2D eigenvalue weighted by atomic mass is 32.1. The lowest BCUT2D eigenvalue weighted by molar-refractivity contribution is -0.917. The molecule has 0 bridgehead atoms. The van der Waals surface area contributed by atoms with E-state index in [0.717, 1.165) is 21.9 Å². The Morgan fingerprint density at radius 1 is 1.26 bits per heavy atom. The number of nitrogens with zero attached hydrogens (tertiary/aromatic N) is 4. The van der Waals surface area contributed by atoms with Crippen LogP contribution in [0.5, 0.6) is 0 Å². The molecule has 1 aromatic carbocycles. The highest BCUT2D eigenvalue weighted by Gasteiger charge is 2.12. The maximum Gasteiger partial charge on any atom is 0.254 e. The van der Waals surface area contributed by atoms with Crippen LogP contribution in [0.2, 0.25) is 0 Å². The molecule has 120 valence electrons. The summed E-state index contributed by atoms with van der Waals surface area (Å²) in [5, 5.41) is 4.50. The number of quaternary nitrogens is 1. The van der Waals surface area contributed by atoms with Gasteiger partial charge in [-0.2, -0.15) is 4.68 Å². The van der Waals surface area contributed by atoms with Gasteiger partial charge in [-0.05, 0) is 44.3 Å². The Balaban J connectivity index is 1.85. The molecule has 0 amide bonds. The summed E-state index contributed by atoms with van der Waals surface area (Å²) >= 11 is 5.51. The van der Waals surface area contributed by atoms with Crippen LogP contribution in [0.4, 0.5) is 4.39 Å². The van der Waals surface area contributed by atoms with Crippen molar-refractivity contribution in [1.82, 2.24) is 19.2 Å². The van der Waals surface area contributed by atoms with Gasteiger partial charge in [0.2, 0.25) is 4.77 Å². The summed E-state index contributed by atoms with van der Waals surface area (Å²) in [6.45, 7) is 5.22. The first-order valence-corrected chi connectivity index (χ1v) is 7.84. The van der Waals surface area contributed by atoms with Crippen molar-refractivity contribution >= 4 is 18.0 Å². The van der Waals surface area contributed by atoms with E-state index in [9.17, 15) is 4.39 Å². The molecule has 0 aliphatic carbocycles. The molecule has 1 unspecified atom stereocenters. The summed E-state index contributed by atoms with van der Waals surface area (Å²) in [5.41, 5.74) is 2.89. The first-order chi connectivity index (χ1) is 10.9. The number of hydrogen-bond acceptors (Lipinski definition) is 3. The molecule has 0 spiro atoms. The van der Waals surface area contributed by atoms with Crippen LogP contribution in [0.15, 0.2) is 30.3 Å². The van der Waals surface area contributed by atoms with Gasteiger partial charge in [0.15, 0.2) is 6.67 Å². The van der Waals surface area contributed by atoms with Crippen LogP contribution >= 0.6 is 12.2 Å².